The number of nitrogens with zero attached hydrogens (tertiary/aromatic N) is 2. The number of rotatable bonds is 5. The molecule has 4 heteroatoms. The molecule has 0 amide bonds. The zero-order valence-electron chi connectivity index (χ0n) is 11.2. The summed E-state index contributed by atoms with van der Waals surface area (Å²) in [6.45, 7) is 12.0. The van der Waals surface area contributed by atoms with Gasteiger partial charge in [-0.05, 0) is 27.4 Å². The molecule has 1 fully saturated rings. The van der Waals surface area contributed by atoms with Gasteiger partial charge >= 0.3 is 0 Å². The molecule has 4 nitrogen and oxygen atoms in total. The van der Waals surface area contributed by atoms with E-state index in [1.165, 1.54) is 0 Å². The molecule has 0 radical (unpaired) electrons. The molecule has 1 heterocycles. The number of hydrogen-bond acceptors (Lipinski definition) is 4. The monoisotopic (exact) mass is 229 g/mol. The van der Waals surface area contributed by atoms with Gasteiger partial charge in [-0.25, -0.2) is 0 Å². The van der Waals surface area contributed by atoms with Crippen molar-refractivity contribution in [3.63, 3.8) is 0 Å². The number of likely N-dealkylation sites (N-methyl/N-ethyl adjacent to an activating group) is 2. The number of piperazine rings is 1. The lowest BCUT2D eigenvalue weighted by atomic mass is 9.99. The SMILES string of the molecule is CCNC(CO)CN1CCN(C)C(C)(C)C1. The third kappa shape index (κ3) is 3.70. The summed E-state index contributed by atoms with van der Waals surface area (Å²) in [7, 11) is 2.19. The number of hydrogen-bond donors (Lipinski definition) is 2. The van der Waals surface area contributed by atoms with Gasteiger partial charge in [0.25, 0.3) is 0 Å². The van der Waals surface area contributed by atoms with Crippen LogP contribution in [0.1, 0.15) is 20.8 Å². The third-order valence-electron chi connectivity index (χ3n) is 3.59. The van der Waals surface area contributed by atoms with Crippen LogP contribution in [0.5, 0.6) is 0 Å². The first-order chi connectivity index (χ1) is 7.49. The van der Waals surface area contributed by atoms with Crippen LogP contribution >= 0.6 is 0 Å². The fourth-order valence-corrected chi connectivity index (χ4v) is 2.28. The molecular formula is C12H27N3O. The third-order valence-corrected chi connectivity index (χ3v) is 3.59. The summed E-state index contributed by atoms with van der Waals surface area (Å²) in [6.07, 6.45) is 0. The summed E-state index contributed by atoms with van der Waals surface area (Å²) in [5.74, 6) is 0. The van der Waals surface area contributed by atoms with E-state index in [0.29, 0.717) is 0 Å². The van der Waals surface area contributed by atoms with Gasteiger partial charge in [0.1, 0.15) is 0 Å². The van der Waals surface area contributed by atoms with E-state index in [-0.39, 0.29) is 18.2 Å². The maximum atomic E-state index is 9.27. The largest absolute Gasteiger partial charge is 0.395 e. The van der Waals surface area contributed by atoms with E-state index in [0.717, 1.165) is 32.7 Å². The van der Waals surface area contributed by atoms with Gasteiger partial charge in [0.2, 0.25) is 0 Å². The summed E-state index contributed by atoms with van der Waals surface area (Å²) in [4.78, 5) is 4.86. The summed E-state index contributed by atoms with van der Waals surface area (Å²) in [5.41, 5.74) is 0.241. The summed E-state index contributed by atoms with van der Waals surface area (Å²) >= 11 is 0. The minimum Gasteiger partial charge on any atom is -0.395 e. The zero-order valence-corrected chi connectivity index (χ0v) is 11.2. The second-order valence-corrected chi connectivity index (χ2v) is 5.41. The van der Waals surface area contributed by atoms with E-state index in [4.69, 9.17) is 0 Å². The number of aliphatic hydroxyl groups excluding tert-OH is 1. The molecular weight excluding hydrogens is 202 g/mol. The minimum atomic E-state index is 0.212. The lowest BCUT2D eigenvalue weighted by Crippen LogP contribution is -2.59. The molecule has 0 saturated carbocycles. The zero-order chi connectivity index (χ0) is 12.2. The molecule has 96 valence electrons. The van der Waals surface area contributed by atoms with Crippen molar-refractivity contribution in [3.05, 3.63) is 0 Å². The van der Waals surface area contributed by atoms with E-state index in [1.807, 2.05) is 0 Å². The molecule has 0 aromatic heterocycles. The summed E-state index contributed by atoms with van der Waals surface area (Å²) in [6, 6.07) is 0.212. The molecule has 0 spiro atoms. The van der Waals surface area contributed by atoms with Crippen LogP contribution in [0.15, 0.2) is 0 Å². The molecule has 2 N–H and O–H groups in total. The smallest absolute Gasteiger partial charge is 0.0597 e. The molecule has 1 aliphatic rings. The predicted octanol–water partition coefficient (Wildman–Crippen LogP) is -0.0172. The molecule has 1 unspecified atom stereocenters. The van der Waals surface area contributed by atoms with Crippen molar-refractivity contribution in [2.24, 2.45) is 0 Å². The van der Waals surface area contributed by atoms with Crippen LogP contribution in [0.3, 0.4) is 0 Å². The van der Waals surface area contributed by atoms with Crippen LogP contribution in [-0.2, 0) is 0 Å². The fourth-order valence-electron chi connectivity index (χ4n) is 2.28. The highest BCUT2D eigenvalue weighted by Gasteiger charge is 2.31. The maximum absolute atomic E-state index is 9.27. The quantitative estimate of drug-likeness (QED) is 0.695. The molecule has 16 heavy (non-hydrogen) atoms. The van der Waals surface area contributed by atoms with Gasteiger partial charge in [0.05, 0.1) is 6.61 Å². The van der Waals surface area contributed by atoms with Crippen LogP contribution < -0.4 is 5.32 Å². The summed E-state index contributed by atoms with van der Waals surface area (Å²) in [5, 5.41) is 12.6. The summed E-state index contributed by atoms with van der Waals surface area (Å²) < 4.78 is 0. The van der Waals surface area contributed by atoms with Crippen molar-refractivity contribution >= 4 is 0 Å². The van der Waals surface area contributed by atoms with Crippen LogP contribution in [0, 0.1) is 0 Å². The van der Waals surface area contributed by atoms with Crippen molar-refractivity contribution < 1.29 is 5.11 Å². The first-order valence-corrected chi connectivity index (χ1v) is 6.27. The molecule has 0 aliphatic carbocycles. The van der Waals surface area contributed by atoms with Crippen LogP contribution in [0.4, 0.5) is 0 Å². The predicted molar refractivity (Wildman–Crippen MR) is 67.7 cm³/mol. The molecule has 0 bridgehead atoms. The Labute approximate surface area is 99.6 Å². The lowest BCUT2D eigenvalue weighted by Gasteiger charge is -2.46. The highest BCUT2D eigenvalue weighted by Crippen LogP contribution is 2.18. The van der Waals surface area contributed by atoms with Gasteiger partial charge in [-0.2, -0.15) is 0 Å². The Bertz CT molecular complexity index is 208. The molecule has 0 aromatic carbocycles. The van der Waals surface area contributed by atoms with E-state index in [9.17, 15) is 5.11 Å². The van der Waals surface area contributed by atoms with E-state index >= 15 is 0 Å². The Kier molecular flexibility index (Phi) is 5.18. The first-order valence-electron chi connectivity index (χ1n) is 6.27. The van der Waals surface area contributed by atoms with E-state index in [1.54, 1.807) is 0 Å². The maximum Gasteiger partial charge on any atom is 0.0597 e. The lowest BCUT2D eigenvalue weighted by molar-refractivity contribution is 0.0313. The molecule has 0 aromatic rings. The van der Waals surface area contributed by atoms with Crippen molar-refractivity contribution in [2.75, 3.05) is 46.4 Å². The van der Waals surface area contributed by atoms with Gasteiger partial charge in [-0.3, -0.25) is 9.80 Å². The molecule has 1 rings (SSSR count). The Morgan fingerprint density at radius 2 is 2.06 bits per heavy atom. The Morgan fingerprint density at radius 3 is 2.56 bits per heavy atom. The molecule has 1 saturated heterocycles. The van der Waals surface area contributed by atoms with Gasteiger partial charge in [-0.15, -0.1) is 0 Å². The van der Waals surface area contributed by atoms with Crippen molar-refractivity contribution in [3.8, 4) is 0 Å². The Morgan fingerprint density at radius 1 is 1.38 bits per heavy atom. The van der Waals surface area contributed by atoms with Gasteiger partial charge in [0, 0.05) is 37.8 Å². The average Bonchev–Trinajstić information content (AvgIpc) is 2.22. The number of aliphatic hydroxyl groups is 1. The number of nitrogens with one attached hydrogen (secondary N) is 1. The average molecular weight is 229 g/mol. The second kappa shape index (κ2) is 5.96. The van der Waals surface area contributed by atoms with E-state index in [2.05, 4.69) is 42.9 Å². The Balaban J connectivity index is 2.43. The molecule has 1 aliphatic heterocycles. The van der Waals surface area contributed by atoms with Gasteiger partial charge < -0.3 is 10.4 Å². The van der Waals surface area contributed by atoms with E-state index < -0.39 is 0 Å². The van der Waals surface area contributed by atoms with Gasteiger partial charge in [-0.1, -0.05) is 6.92 Å². The van der Waals surface area contributed by atoms with Crippen LogP contribution in [0.25, 0.3) is 0 Å². The molecule has 1 atom stereocenters. The standard InChI is InChI=1S/C12H27N3O/c1-5-13-11(9-16)8-15-7-6-14(4)12(2,3)10-15/h11,13,16H,5-10H2,1-4H3. The minimum absolute atomic E-state index is 0.212. The van der Waals surface area contributed by atoms with Crippen molar-refractivity contribution in [1.29, 1.82) is 0 Å². The van der Waals surface area contributed by atoms with Gasteiger partial charge in [0.15, 0.2) is 0 Å². The Hall–Kier alpha value is -0.160. The fraction of sp³-hybridized carbons (Fsp3) is 1.00. The highest BCUT2D eigenvalue weighted by molar-refractivity contribution is 4.89. The topological polar surface area (TPSA) is 38.7 Å². The van der Waals surface area contributed by atoms with Crippen LogP contribution in [-0.4, -0.2) is 72.9 Å². The highest BCUT2D eigenvalue weighted by atomic mass is 16.3. The second-order valence-electron chi connectivity index (χ2n) is 5.41. The first kappa shape index (κ1) is 13.9. The van der Waals surface area contributed by atoms with Crippen LogP contribution in [0.2, 0.25) is 0 Å². The van der Waals surface area contributed by atoms with Crippen molar-refractivity contribution in [1.82, 2.24) is 15.1 Å². The van der Waals surface area contributed by atoms with Crippen molar-refractivity contribution in [2.45, 2.75) is 32.4 Å². The normalized spacial score (nSPS) is 24.6.